The van der Waals surface area contributed by atoms with Crippen LogP contribution in [-0.2, 0) is 4.79 Å². The van der Waals surface area contributed by atoms with Crippen molar-refractivity contribution in [3.05, 3.63) is 0 Å². The molecule has 0 aromatic carbocycles. The summed E-state index contributed by atoms with van der Waals surface area (Å²) in [5.41, 5.74) is 5.50. The van der Waals surface area contributed by atoms with Crippen LogP contribution >= 0.6 is 0 Å². The van der Waals surface area contributed by atoms with Crippen molar-refractivity contribution < 1.29 is 9.90 Å². The first-order chi connectivity index (χ1) is 4.61. The van der Waals surface area contributed by atoms with Crippen LogP contribution in [0.25, 0.3) is 0 Å². The molecule has 1 aliphatic rings. The molecule has 1 fully saturated rings. The smallest absolute Gasteiger partial charge is 0.133 e. The van der Waals surface area contributed by atoms with Crippen molar-refractivity contribution in [1.82, 2.24) is 0 Å². The number of nitrogens with two attached hydrogens (primary N) is 1. The molecule has 3 N–H and O–H groups in total. The second-order valence-corrected chi connectivity index (χ2v) is 3.01. The fourth-order valence-corrected chi connectivity index (χ4v) is 1.38. The summed E-state index contributed by atoms with van der Waals surface area (Å²) in [6.07, 6.45) is 0.737. The third-order valence-corrected chi connectivity index (χ3v) is 2.15. The molecule has 0 bridgehead atoms. The molecule has 10 heavy (non-hydrogen) atoms. The van der Waals surface area contributed by atoms with Crippen molar-refractivity contribution in [3.63, 3.8) is 0 Å². The Morgan fingerprint density at radius 1 is 1.60 bits per heavy atom. The number of hydrogen-bond donors (Lipinski definition) is 2. The van der Waals surface area contributed by atoms with E-state index in [1.165, 1.54) is 0 Å². The molecule has 1 saturated carbocycles. The highest BCUT2D eigenvalue weighted by atomic mass is 16.3. The highest BCUT2D eigenvalue weighted by Gasteiger charge is 2.32. The fourth-order valence-electron chi connectivity index (χ4n) is 1.38. The normalized spacial score (nSPS) is 40.1. The molecule has 0 spiro atoms. The van der Waals surface area contributed by atoms with E-state index in [1.54, 1.807) is 6.92 Å². The van der Waals surface area contributed by atoms with Gasteiger partial charge in [-0.25, -0.2) is 0 Å². The van der Waals surface area contributed by atoms with Crippen LogP contribution in [0.5, 0.6) is 0 Å². The number of carbonyl (C=O) groups excluding carboxylic acids is 1. The summed E-state index contributed by atoms with van der Waals surface area (Å²) >= 11 is 0. The Balaban J connectivity index is 2.49. The number of hydrogen-bond acceptors (Lipinski definition) is 3. The summed E-state index contributed by atoms with van der Waals surface area (Å²) in [6.45, 7) is 1.55. The molecule has 0 aromatic heterocycles. The molecule has 0 unspecified atom stereocenters. The summed E-state index contributed by atoms with van der Waals surface area (Å²) in [5, 5.41) is 9.14. The van der Waals surface area contributed by atoms with Crippen molar-refractivity contribution in [1.29, 1.82) is 0 Å². The SMILES string of the molecule is CC(=O)[C@H]1C[C@@H](O)[C@@H](N)C1. The van der Waals surface area contributed by atoms with Crippen LogP contribution in [0.3, 0.4) is 0 Å². The minimum absolute atomic E-state index is 0.00463. The lowest BCUT2D eigenvalue weighted by Gasteiger charge is -2.04. The summed E-state index contributed by atoms with van der Waals surface area (Å²) in [6, 6.07) is -0.186. The van der Waals surface area contributed by atoms with E-state index in [1.807, 2.05) is 0 Å². The van der Waals surface area contributed by atoms with E-state index in [2.05, 4.69) is 0 Å². The number of aliphatic hydroxyl groups excluding tert-OH is 1. The molecule has 0 aromatic rings. The lowest BCUT2D eigenvalue weighted by molar-refractivity contribution is -0.120. The second-order valence-electron chi connectivity index (χ2n) is 3.01. The third-order valence-electron chi connectivity index (χ3n) is 2.15. The monoisotopic (exact) mass is 143 g/mol. The molecule has 3 atom stereocenters. The molecule has 1 rings (SSSR count). The van der Waals surface area contributed by atoms with Crippen molar-refractivity contribution in [2.24, 2.45) is 11.7 Å². The van der Waals surface area contributed by atoms with E-state index in [-0.39, 0.29) is 17.7 Å². The molecular formula is C7H13NO2. The summed E-state index contributed by atoms with van der Waals surface area (Å²) in [4.78, 5) is 10.8. The Morgan fingerprint density at radius 2 is 2.20 bits per heavy atom. The molecule has 0 heterocycles. The Labute approximate surface area is 60.2 Å². The fraction of sp³-hybridized carbons (Fsp3) is 0.857. The molecule has 3 heteroatoms. The highest BCUT2D eigenvalue weighted by molar-refractivity contribution is 5.78. The van der Waals surface area contributed by atoms with Crippen LogP contribution < -0.4 is 5.73 Å². The third kappa shape index (κ3) is 1.36. The second kappa shape index (κ2) is 2.68. The van der Waals surface area contributed by atoms with Gasteiger partial charge in [-0.15, -0.1) is 0 Å². The Kier molecular flexibility index (Phi) is 2.06. The molecular weight excluding hydrogens is 130 g/mol. The van der Waals surface area contributed by atoms with Gasteiger partial charge in [-0.2, -0.15) is 0 Å². The summed E-state index contributed by atoms with van der Waals surface area (Å²) < 4.78 is 0. The maximum atomic E-state index is 10.8. The van der Waals surface area contributed by atoms with E-state index >= 15 is 0 Å². The standard InChI is InChI=1S/C7H13NO2/c1-4(9)5-2-6(8)7(10)3-5/h5-7,10H,2-3,8H2,1H3/t5-,6+,7-/m1/s1. The Hall–Kier alpha value is -0.410. The van der Waals surface area contributed by atoms with Gasteiger partial charge in [0.1, 0.15) is 5.78 Å². The van der Waals surface area contributed by atoms with Crippen LogP contribution in [0.15, 0.2) is 0 Å². The van der Waals surface area contributed by atoms with Gasteiger partial charge in [0.2, 0.25) is 0 Å². The van der Waals surface area contributed by atoms with Crippen LogP contribution in [0.2, 0.25) is 0 Å². The number of carbonyl (C=O) groups is 1. The minimum Gasteiger partial charge on any atom is -0.391 e. The van der Waals surface area contributed by atoms with Gasteiger partial charge in [0.15, 0.2) is 0 Å². The highest BCUT2D eigenvalue weighted by Crippen LogP contribution is 2.24. The maximum absolute atomic E-state index is 10.8. The van der Waals surface area contributed by atoms with Gasteiger partial charge < -0.3 is 10.8 Å². The van der Waals surface area contributed by atoms with Gasteiger partial charge in [-0.05, 0) is 19.8 Å². The average Bonchev–Trinajstić information content (AvgIpc) is 2.13. The van der Waals surface area contributed by atoms with Crippen molar-refractivity contribution in [2.45, 2.75) is 31.9 Å². The van der Waals surface area contributed by atoms with Gasteiger partial charge in [0, 0.05) is 12.0 Å². The van der Waals surface area contributed by atoms with Crippen molar-refractivity contribution >= 4 is 5.78 Å². The van der Waals surface area contributed by atoms with E-state index < -0.39 is 6.10 Å². The first kappa shape index (κ1) is 7.69. The number of aliphatic hydroxyl groups is 1. The van der Waals surface area contributed by atoms with Gasteiger partial charge in [-0.3, -0.25) is 4.79 Å². The zero-order valence-electron chi connectivity index (χ0n) is 6.08. The molecule has 0 amide bonds. The number of ketones is 1. The largest absolute Gasteiger partial charge is 0.391 e. The summed E-state index contributed by atoms with van der Waals surface area (Å²) in [5.74, 6) is 0.150. The lowest BCUT2D eigenvalue weighted by atomic mass is 10.0. The van der Waals surface area contributed by atoms with Gasteiger partial charge >= 0.3 is 0 Å². The van der Waals surface area contributed by atoms with Crippen LogP contribution in [0, 0.1) is 5.92 Å². The molecule has 3 nitrogen and oxygen atoms in total. The lowest BCUT2D eigenvalue weighted by Crippen LogP contribution is -2.28. The zero-order chi connectivity index (χ0) is 7.72. The molecule has 58 valence electrons. The van der Waals surface area contributed by atoms with Crippen LogP contribution in [-0.4, -0.2) is 23.0 Å². The molecule has 0 aliphatic heterocycles. The predicted molar refractivity (Wildman–Crippen MR) is 37.4 cm³/mol. The molecule has 0 radical (unpaired) electrons. The van der Waals surface area contributed by atoms with Crippen molar-refractivity contribution in [3.8, 4) is 0 Å². The quantitative estimate of drug-likeness (QED) is 0.528. The number of Topliss-reactive ketones (excluding diaryl/α,β-unsaturated/α-hetero) is 1. The van der Waals surface area contributed by atoms with Crippen LogP contribution in [0.1, 0.15) is 19.8 Å². The minimum atomic E-state index is -0.464. The van der Waals surface area contributed by atoms with E-state index in [4.69, 9.17) is 10.8 Å². The zero-order valence-corrected chi connectivity index (χ0v) is 6.08. The van der Waals surface area contributed by atoms with E-state index in [9.17, 15) is 4.79 Å². The summed E-state index contributed by atoms with van der Waals surface area (Å²) in [7, 11) is 0. The van der Waals surface area contributed by atoms with E-state index in [0.717, 1.165) is 0 Å². The van der Waals surface area contributed by atoms with Crippen molar-refractivity contribution in [2.75, 3.05) is 0 Å². The van der Waals surface area contributed by atoms with Crippen LogP contribution in [0.4, 0.5) is 0 Å². The molecule has 0 saturated heterocycles. The average molecular weight is 143 g/mol. The van der Waals surface area contributed by atoms with E-state index in [0.29, 0.717) is 12.8 Å². The first-order valence-electron chi connectivity index (χ1n) is 3.55. The van der Waals surface area contributed by atoms with Gasteiger partial charge in [0.05, 0.1) is 6.10 Å². The Bertz CT molecular complexity index is 137. The number of rotatable bonds is 1. The Morgan fingerprint density at radius 3 is 2.40 bits per heavy atom. The first-order valence-corrected chi connectivity index (χ1v) is 3.55. The maximum Gasteiger partial charge on any atom is 0.133 e. The van der Waals surface area contributed by atoms with Gasteiger partial charge in [0.25, 0.3) is 0 Å². The molecule has 1 aliphatic carbocycles. The predicted octanol–water partition coefficient (Wildman–Crippen LogP) is -0.326. The van der Waals surface area contributed by atoms with Gasteiger partial charge in [-0.1, -0.05) is 0 Å². The topological polar surface area (TPSA) is 63.3 Å².